The lowest BCUT2D eigenvalue weighted by Gasteiger charge is -2.19. The summed E-state index contributed by atoms with van der Waals surface area (Å²) in [5.74, 6) is 0.664. The van der Waals surface area contributed by atoms with Crippen molar-refractivity contribution in [3.8, 4) is 0 Å². The molecular formula is C14H19N3O2S. The lowest BCUT2D eigenvalue weighted by molar-refractivity contribution is 0.591. The molecule has 1 aromatic heterocycles. The molecule has 2 aromatic rings. The molecule has 0 saturated carbocycles. The number of H-pyrrole nitrogens is 1. The van der Waals surface area contributed by atoms with Gasteiger partial charge in [-0.2, -0.15) is 8.42 Å². The van der Waals surface area contributed by atoms with Gasteiger partial charge in [-0.1, -0.05) is 13.0 Å². The number of aryl methyl sites for hydroxylation is 3. The Morgan fingerprint density at radius 1 is 1.20 bits per heavy atom. The fraction of sp³-hybridized carbons (Fsp3) is 0.357. The van der Waals surface area contributed by atoms with E-state index in [1.807, 2.05) is 39.0 Å². The number of aromatic amines is 1. The fourth-order valence-electron chi connectivity index (χ4n) is 2.07. The minimum absolute atomic E-state index is 0.121. The lowest BCUT2D eigenvalue weighted by Crippen LogP contribution is -2.27. The van der Waals surface area contributed by atoms with Crippen LogP contribution < -0.4 is 4.31 Å². The maximum Gasteiger partial charge on any atom is 0.281 e. The molecule has 0 aliphatic heterocycles. The highest BCUT2D eigenvalue weighted by molar-refractivity contribution is 7.92. The minimum Gasteiger partial charge on any atom is -0.332 e. The largest absolute Gasteiger partial charge is 0.332 e. The number of aromatic nitrogens is 2. The van der Waals surface area contributed by atoms with Gasteiger partial charge < -0.3 is 4.98 Å². The highest BCUT2D eigenvalue weighted by atomic mass is 32.2. The summed E-state index contributed by atoms with van der Waals surface area (Å²) in [7, 11) is -2.05. The van der Waals surface area contributed by atoms with Crippen molar-refractivity contribution >= 4 is 15.7 Å². The van der Waals surface area contributed by atoms with Gasteiger partial charge in [0.15, 0.2) is 5.03 Å². The number of rotatable bonds is 4. The molecule has 0 aliphatic rings. The van der Waals surface area contributed by atoms with E-state index in [-0.39, 0.29) is 5.03 Å². The van der Waals surface area contributed by atoms with Gasteiger partial charge in [0.25, 0.3) is 10.0 Å². The van der Waals surface area contributed by atoms with Crippen LogP contribution in [0.25, 0.3) is 0 Å². The highest BCUT2D eigenvalue weighted by Gasteiger charge is 2.23. The van der Waals surface area contributed by atoms with E-state index in [1.54, 1.807) is 7.05 Å². The Kier molecular flexibility index (Phi) is 3.85. The van der Waals surface area contributed by atoms with Crippen molar-refractivity contribution < 1.29 is 8.42 Å². The van der Waals surface area contributed by atoms with E-state index in [2.05, 4.69) is 9.97 Å². The van der Waals surface area contributed by atoms with Gasteiger partial charge in [0.2, 0.25) is 0 Å². The summed E-state index contributed by atoms with van der Waals surface area (Å²) in [6.45, 7) is 5.81. The summed E-state index contributed by atoms with van der Waals surface area (Å²) in [4.78, 5) is 6.89. The van der Waals surface area contributed by atoms with Crippen molar-refractivity contribution in [1.82, 2.24) is 9.97 Å². The van der Waals surface area contributed by atoms with E-state index < -0.39 is 10.0 Å². The number of sulfonamides is 1. The van der Waals surface area contributed by atoms with Crippen LogP contribution in [0, 0.1) is 13.8 Å². The van der Waals surface area contributed by atoms with Crippen molar-refractivity contribution in [1.29, 1.82) is 0 Å². The predicted molar refractivity (Wildman–Crippen MR) is 79.5 cm³/mol. The summed E-state index contributed by atoms with van der Waals surface area (Å²) in [5, 5.41) is 0.121. The van der Waals surface area contributed by atoms with Crippen LogP contribution in [0.4, 0.5) is 5.69 Å². The molecule has 6 heteroatoms. The molecule has 0 fully saturated rings. The number of nitrogens with zero attached hydrogens (tertiary/aromatic N) is 2. The van der Waals surface area contributed by atoms with E-state index in [9.17, 15) is 8.42 Å². The van der Waals surface area contributed by atoms with E-state index in [1.165, 1.54) is 10.5 Å². The van der Waals surface area contributed by atoms with Crippen LogP contribution in [0.3, 0.4) is 0 Å². The fourth-order valence-corrected chi connectivity index (χ4v) is 3.18. The van der Waals surface area contributed by atoms with Gasteiger partial charge in [-0.3, -0.25) is 4.31 Å². The molecule has 1 N–H and O–H groups in total. The predicted octanol–water partition coefficient (Wildman–Crippen LogP) is 2.41. The number of hydrogen-bond acceptors (Lipinski definition) is 3. The van der Waals surface area contributed by atoms with E-state index in [0.29, 0.717) is 17.9 Å². The molecule has 0 radical (unpaired) electrons. The molecule has 0 amide bonds. The summed E-state index contributed by atoms with van der Waals surface area (Å²) in [6, 6.07) is 5.71. The first-order chi connectivity index (χ1) is 9.34. The second-order valence-electron chi connectivity index (χ2n) is 4.87. The number of nitrogens with one attached hydrogen (secondary N) is 1. The first-order valence-corrected chi connectivity index (χ1v) is 7.89. The van der Waals surface area contributed by atoms with Crippen LogP contribution in [0.2, 0.25) is 0 Å². The smallest absolute Gasteiger partial charge is 0.281 e. The normalized spacial score (nSPS) is 11.6. The van der Waals surface area contributed by atoms with Crippen LogP contribution in [0.1, 0.15) is 23.9 Å². The van der Waals surface area contributed by atoms with Gasteiger partial charge in [0, 0.05) is 13.5 Å². The zero-order chi connectivity index (χ0) is 14.9. The van der Waals surface area contributed by atoms with Gasteiger partial charge in [-0.15, -0.1) is 0 Å². The van der Waals surface area contributed by atoms with Crippen LogP contribution >= 0.6 is 0 Å². The molecule has 2 rings (SSSR count). The third kappa shape index (κ3) is 2.70. The summed E-state index contributed by atoms with van der Waals surface area (Å²) in [5.41, 5.74) is 2.71. The number of hydrogen-bond donors (Lipinski definition) is 1. The topological polar surface area (TPSA) is 66.1 Å². The first-order valence-electron chi connectivity index (χ1n) is 6.45. The zero-order valence-corrected chi connectivity index (χ0v) is 13.0. The van der Waals surface area contributed by atoms with Crippen LogP contribution in [0.5, 0.6) is 0 Å². The Morgan fingerprint density at radius 2 is 1.80 bits per heavy atom. The van der Waals surface area contributed by atoms with Crippen LogP contribution in [-0.2, 0) is 16.4 Å². The van der Waals surface area contributed by atoms with Crippen molar-refractivity contribution in [3.63, 3.8) is 0 Å². The summed E-state index contributed by atoms with van der Waals surface area (Å²) >= 11 is 0. The number of anilines is 1. The van der Waals surface area contributed by atoms with Gasteiger partial charge in [0.05, 0.1) is 11.9 Å². The Bertz CT molecular complexity index is 700. The quantitative estimate of drug-likeness (QED) is 0.941. The van der Waals surface area contributed by atoms with E-state index >= 15 is 0 Å². The molecule has 0 atom stereocenters. The standard InChI is InChI=1S/C14H19N3O2S/c1-5-13-15-9-14(16-13)20(18,19)17(4)12-7-10(2)6-11(3)8-12/h6-9H,5H2,1-4H3,(H,15,16). The number of imidazole rings is 1. The maximum atomic E-state index is 12.5. The zero-order valence-electron chi connectivity index (χ0n) is 12.1. The van der Waals surface area contributed by atoms with Crippen molar-refractivity contribution in [2.45, 2.75) is 32.2 Å². The second-order valence-corrected chi connectivity index (χ2v) is 6.80. The third-order valence-electron chi connectivity index (χ3n) is 3.15. The Labute approximate surface area is 119 Å². The summed E-state index contributed by atoms with van der Waals surface area (Å²) in [6.07, 6.45) is 2.04. The SMILES string of the molecule is CCc1ncc(S(=O)(=O)N(C)c2cc(C)cc(C)c2)[nH]1. The molecule has 1 heterocycles. The molecule has 0 unspecified atom stereocenters. The van der Waals surface area contributed by atoms with E-state index in [0.717, 1.165) is 11.1 Å². The minimum atomic E-state index is -3.60. The summed E-state index contributed by atoms with van der Waals surface area (Å²) < 4.78 is 26.4. The van der Waals surface area contributed by atoms with E-state index in [4.69, 9.17) is 0 Å². The Balaban J connectivity index is 2.42. The average molecular weight is 293 g/mol. The number of benzene rings is 1. The monoisotopic (exact) mass is 293 g/mol. The molecular weight excluding hydrogens is 274 g/mol. The Hall–Kier alpha value is -1.82. The first kappa shape index (κ1) is 14.6. The third-order valence-corrected chi connectivity index (χ3v) is 4.84. The molecule has 0 saturated heterocycles. The molecule has 108 valence electrons. The molecule has 1 aromatic carbocycles. The average Bonchev–Trinajstić information content (AvgIpc) is 2.86. The van der Waals surface area contributed by atoms with Crippen molar-refractivity contribution in [3.05, 3.63) is 41.3 Å². The lowest BCUT2D eigenvalue weighted by atomic mass is 10.1. The molecule has 0 aliphatic carbocycles. The van der Waals surface area contributed by atoms with Crippen molar-refractivity contribution in [2.75, 3.05) is 11.4 Å². The van der Waals surface area contributed by atoms with Crippen LogP contribution in [0.15, 0.2) is 29.4 Å². The van der Waals surface area contributed by atoms with Crippen molar-refractivity contribution in [2.24, 2.45) is 0 Å². The van der Waals surface area contributed by atoms with Gasteiger partial charge in [-0.05, 0) is 37.1 Å². The molecule has 20 heavy (non-hydrogen) atoms. The Morgan fingerprint density at radius 3 is 2.30 bits per heavy atom. The van der Waals surface area contributed by atoms with Crippen LogP contribution in [-0.4, -0.2) is 25.4 Å². The molecule has 5 nitrogen and oxygen atoms in total. The highest BCUT2D eigenvalue weighted by Crippen LogP contribution is 2.23. The van der Waals surface area contributed by atoms with Gasteiger partial charge in [-0.25, -0.2) is 4.98 Å². The van der Waals surface area contributed by atoms with Gasteiger partial charge in [0.1, 0.15) is 5.82 Å². The van der Waals surface area contributed by atoms with Gasteiger partial charge >= 0.3 is 0 Å². The molecule has 0 spiro atoms. The second kappa shape index (κ2) is 5.28. The molecule has 0 bridgehead atoms. The maximum absolute atomic E-state index is 12.5.